The van der Waals surface area contributed by atoms with Crippen molar-refractivity contribution in [2.75, 3.05) is 0 Å². The van der Waals surface area contributed by atoms with E-state index in [1.807, 2.05) is 6.92 Å². The maximum Gasteiger partial charge on any atom is 0.199 e. The van der Waals surface area contributed by atoms with Crippen molar-refractivity contribution in [2.24, 2.45) is 0 Å². The number of hydrogen-bond acceptors (Lipinski definition) is 4. The van der Waals surface area contributed by atoms with Crippen molar-refractivity contribution in [3.8, 4) is 12.3 Å². The van der Waals surface area contributed by atoms with E-state index in [1.165, 1.54) is 24.3 Å². The lowest BCUT2D eigenvalue weighted by Crippen LogP contribution is -2.46. The van der Waals surface area contributed by atoms with E-state index in [2.05, 4.69) is 31.6 Å². The zero-order chi connectivity index (χ0) is 24.0. The quantitative estimate of drug-likeness (QED) is 0.244. The largest absolute Gasteiger partial charge is 0.222 e. The molecule has 0 aliphatic rings. The van der Waals surface area contributed by atoms with Crippen molar-refractivity contribution in [3.05, 3.63) is 72.3 Å². The van der Waals surface area contributed by atoms with Gasteiger partial charge in [-0.3, -0.25) is 0 Å². The second-order valence-electron chi connectivity index (χ2n) is 9.24. The molecular weight excluding hydrogens is 456 g/mol. The van der Waals surface area contributed by atoms with Crippen molar-refractivity contribution in [1.82, 2.24) is 0 Å². The van der Waals surface area contributed by atoms with Gasteiger partial charge in [0.05, 0.1) is 9.79 Å². The number of hydrogen-bond donors (Lipinski definition) is 0. The summed E-state index contributed by atoms with van der Waals surface area (Å²) in [6.07, 6.45) is 7.49. The van der Waals surface area contributed by atoms with E-state index in [4.69, 9.17) is 6.42 Å². The Morgan fingerprint density at radius 2 is 1.34 bits per heavy atom. The minimum atomic E-state index is -4.32. The van der Waals surface area contributed by atoms with Crippen LogP contribution in [0.2, 0.25) is 25.7 Å². The van der Waals surface area contributed by atoms with E-state index >= 15 is 0 Å². The van der Waals surface area contributed by atoms with Crippen LogP contribution in [0, 0.1) is 12.3 Å². The molecular formula is C25H32O4S2Si. The molecule has 2 aromatic carbocycles. The van der Waals surface area contributed by atoms with Crippen LogP contribution < -0.4 is 0 Å². The average molecular weight is 489 g/mol. The van der Waals surface area contributed by atoms with Crippen LogP contribution in [0.1, 0.15) is 26.2 Å². The SMILES string of the molecule is C#CCC(CC/C(C)=C\C[Si](C)(C)C)(S(=O)(=O)c1ccccc1)S(=O)(=O)c1ccccc1. The second-order valence-corrected chi connectivity index (χ2v) is 19.5. The summed E-state index contributed by atoms with van der Waals surface area (Å²) >= 11 is 0. The van der Waals surface area contributed by atoms with Crippen molar-refractivity contribution in [3.63, 3.8) is 0 Å². The van der Waals surface area contributed by atoms with Crippen molar-refractivity contribution in [2.45, 2.75) is 65.7 Å². The number of terminal acetylenes is 1. The Labute approximate surface area is 194 Å². The van der Waals surface area contributed by atoms with Gasteiger partial charge in [-0.2, -0.15) is 0 Å². The first-order chi connectivity index (χ1) is 14.9. The molecule has 2 aromatic rings. The highest BCUT2D eigenvalue weighted by Gasteiger charge is 2.55. The topological polar surface area (TPSA) is 68.3 Å². The van der Waals surface area contributed by atoms with Crippen LogP contribution in [0.5, 0.6) is 0 Å². The molecule has 0 bridgehead atoms. The molecule has 0 spiro atoms. The van der Waals surface area contributed by atoms with Gasteiger partial charge in [0.25, 0.3) is 0 Å². The Morgan fingerprint density at radius 3 is 1.72 bits per heavy atom. The Morgan fingerprint density at radius 1 is 0.906 bits per heavy atom. The summed E-state index contributed by atoms with van der Waals surface area (Å²) < 4.78 is 53.5. The lowest BCUT2D eigenvalue weighted by Gasteiger charge is -2.32. The van der Waals surface area contributed by atoms with E-state index in [0.29, 0.717) is 6.42 Å². The van der Waals surface area contributed by atoms with E-state index < -0.39 is 38.2 Å². The first-order valence-corrected chi connectivity index (χ1v) is 17.2. The molecule has 0 saturated heterocycles. The van der Waals surface area contributed by atoms with Crippen molar-refractivity contribution in [1.29, 1.82) is 0 Å². The maximum absolute atomic E-state index is 13.9. The molecule has 0 fully saturated rings. The summed E-state index contributed by atoms with van der Waals surface area (Å²) in [6.45, 7) is 8.67. The van der Waals surface area contributed by atoms with Gasteiger partial charge in [0.15, 0.2) is 23.8 Å². The number of allylic oxidation sites excluding steroid dienone is 2. The van der Waals surface area contributed by atoms with Gasteiger partial charge in [-0.25, -0.2) is 16.8 Å². The standard InChI is InChI=1S/C25H32O4S2Si/c1-6-19-25(20-17-22(2)18-21-32(3,4)5,30(26,27)23-13-9-7-10-14-23)31(28,29)24-15-11-8-12-16-24/h1,7-16,18H,17,19-21H2,2-5H3/b22-18-. The summed E-state index contributed by atoms with van der Waals surface area (Å²) in [5.41, 5.74) is 0.973. The molecule has 172 valence electrons. The second kappa shape index (κ2) is 10.2. The minimum absolute atomic E-state index is 0.0431. The summed E-state index contributed by atoms with van der Waals surface area (Å²) in [6, 6.07) is 16.4. The zero-order valence-electron chi connectivity index (χ0n) is 19.2. The fourth-order valence-electron chi connectivity index (χ4n) is 3.45. The van der Waals surface area contributed by atoms with Gasteiger partial charge >= 0.3 is 0 Å². The summed E-state index contributed by atoms with van der Waals surface area (Å²) in [4.78, 5) is -0.0861. The Hall–Kier alpha value is -2.14. The lowest BCUT2D eigenvalue weighted by atomic mass is 10.1. The van der Waals surface area contributed by atoms with Gasteiger partial charge in [0, 0.05) is 14.5 Å². The lowest BCUT2D eigenvalue weighted by molar-refractivity contribution is 0.524. The predicted octanol–water partition coefficient (Wildman–Crippen LogP) is 5.72. The number of sulfone groups is 2. The highest BCUT2D eigenvalue weighted by atomic mass is 32.3. The Kier molecular flexibility index (Phi) is 8.32. The smallest absolute Gasteiger partial charge is 0.199 e. The molecule has 0 unspecified atom stereocenters. The van der Waals surface area contributed by atoms with Gasteiger partial charge in [0.1, 0.15) is 0 Å². The van der Waals surface area contributed by atoms with Crippen LogP contribution in [-0.2, 0) is 19.7 Å². The van der Waals surface area contributed by atoms with E-state index in [0.717, 1.165) is 11.6 Å². The zero-order valence-corrected chi connectivity index (χ0v) is 21.8. The summed E-state index contributed by atoms with van der Waals surface area (Å²) in [5, 5.41) is 0. The van der Waals surface area contributed by atoms with Gasteiger partial charge in [-0.15, -0.1) is 12.3 Å². The van der Waals surface area contributed by atoms with E-state index in [-0.39, 0.29) is 16.2 Å². The molecule has 0 aromatic heterocycles. The molecule has 0 aliphatic heterocycles. The van der Waals surface area contributed by atoms with Gasteiger partial charge in [-0.1, -0.05) is 67.7 Å². The van der Waals surface area contributed by atoms with Crippen LogP contribution in [-0.4, -0.2) is 29.0 Å². The number of benzene rings is 2. The normalized spacial score (nSPS) is 13.5. The Balaban J connectivity index is 2.68. The van der Waals surface area contributed by atoms with Crippen LogP contribution in [0.25, 0.3) is 0 Å². The van der Waals surface area contributed by atoms with E-state index in [1.54, 1.807) is 36.4 Å². The van der Waals surface area contributed by atoms with E-state index in [9.17, 15) is 16.8 Å². The van der Waals surface area contributed by atoms with Crippen LogP contribution in [0.15, 0.2) is 82.1 Å². The molecule has 4 nitrogen and oxygen atoms in total. The molecule has 0 aliphatic carbocycles. The molecule has 7 heteroatoms. The molecule has 32 heavy (non-hydrogen) atoms. The van der Waals surface area contributed by atoms with Gasteiger partial charge in [-0.05, 0) is 50.1 Å². The first kappa shape index (κ1) is 26.1. The fraction of sp³-hybridized carbons (Fsp3) is 0.360. The molecule has 0 N–H and O–H groups in total. The monoisotopic (exact) mass is 488 g/mol. The Bertz CT molecular complexity index is 1120. The molecule has 0 saturated carbocycles. The third-order valence-corrected chi connectivity index (χ3v) is 12.6. The third-order valence-electron chi connectivity index (χ3n) is 5.42. The maximum atomic E-state index is 13.9. The average Bonchev–Trinajstić information content (AvgIpc) is 2.75. The highest BCUT2D eigenvalue weighted by molar-refractivity contribution is 8.10. The van der Waals surface area contributed by atoms with Crippen LogP contribution in [0.4, 0.5) is 0 Å². The number of rotatable bonds is 10. The van der Waals surface area contributed by atoms with Gasteiger partial charge in [0.2, 0.25) is 0 Å². The van der Waals surface area contributed by atoms with Crippen molar-refractivity contribution >= 4 is 27.7 Å². The molecule has 0 atom stereocenters. The van der Waals surface area contributed by atoms with Crippen LogP contribution in [0.3, 0.4) is 0 Å². The molecule has 0 amide bonds. The minimum Gasteiger partial charge on any atom is -0.222 e. The molecule has 2 rings (SSSR count). The predicted molar refractivity (Wildman–Crippen MR) is 135 cm³/mol. The fourth-order valence-corrected chi connectivity index (χ4v) is 9.32. The van der Waals surface area contributed by atoms with Crippen molar-refractivity contribution < 1.29 is 16.8 Å². The first-order valence-electron chi connectivity index (χ1n) is 10.6. The highest BCUT2D eigenvalue weighted by Crippen LogP contribution is 2.42. The summed E-state index contributed by atoms with van der Waals surface area (Å²) in [7, 11) is -9.97. The van der Waals surface area contributed by atoms with Gasteiger partial charge < -0.3 is 0 Å². The van der Waals surface area contributed by atoms with Crippen LogP contribution >= 0.6 is 0 Å². The summed E-state index contributed by atoms with van der Waals surface area (Å²) in [5.74, 6) is 2.37. The molecule has 0 radical (unpaired) electrons. The third kappa shape index (κ3) is 5.61. The molecule has 0 heterocycles.